The molecule has 0 bridgehead atoms. The predicted octanol–water partition coefficient (Wildman–Crippen LogP) is 3.52. The lowest BCUT2D eigenvalue weighted by Gasteiger charge is -2.19. The van der Waals surface area contributed by atoms with E-state index in [0.29, 0.717) is 28.8 Å². The summed E-state index contributed by atoms with van der Waals surface area (Å²) in [6.07, 6.45) is 0.615. The summed E-state index contributed by atoms with van der Waals surface area (Å²) in [5, 5.41) is 4.86. The van der Waals surface area contributed by atoms with Gasteiger partial charge in [0, 0.05) is 31.5 Å². The first-order valence-corrected chi connectivity index (χ1v) is 9.99. The van der Waals surface area contributed by atoms with Crippen molar-refractivity contribution in [2.75, 3.05) is 32.2 Å². The number of nitrogens with zero attached hydrogens (tertiary/aromatic N) is 4. The number of carbonyl (C=O) groups is 1. The number of hydrogen-bond donors (Lipinski definition) is 0. The van der Waals surface area contributed by atoms with Crippen molar-refractivity contribution < 1.29 is 19.0 Å². The number of aryl methyl sites for hydroxylation is 1. The van der Waals surface area contributed by atoms with Crippen LogP contribution in [0.1, 0.15) is 19.0 Å². The number of rotatable bonds is 5. The first kappa shape index (κ1) is 20.3. The Bertz CT molecular complexity index is 1110. The Hall–Kier alpha value is -3.00. The van der Waals surface area contributed by atoms with E-state index in [1.165, 1.54) is 6.92 Å². The van der Waals surface area contributed by atoms with E-state index in [-0.39, 0.29) is 12.1 Å². The van der Waals surface area contributed by atoms with Crippen LogP contribution in [0.2, 0.25) is 5.15 Å². The zero-order chi connectivity index (χ0) is 21.4. The van der Waals surface area contributed by atoms with Gasteiger partial charge in [0.2, 0.25) is 0 Å². The Labute approximate surface area is 179 Å². The van der Waals surface area contributed by atoms with Gasteiger partial charge in [-0.15, -0.1) is 0 Å². The van der Waals surface area contributed by atoms with E-state index < -0.39 is 0 Å². The third kappa shape index (κ3) is 3.63. The number of ether oxygens (including phenoxy) is 3. The maximum Gasteiger partial charge on any atom is 0.302 e. The zero-order valence-electron chi connectivity index (χ0n) is 17.3. The van der Waals surface area contributed by atoms with E-state index in [4.69, 9.17) is 30.8 Å². The number of halogens is 1. The van der Waals surface area contributed by atoms with Gasteiger partial charge in [0.15, 0.2) is 22.3 Å². The van der Waals surface area contributed by atoms with Crippen LogP contribution in [-0.4, -0.2) is 54.0 Å². The minimum atomic E-state index is -0.271. The lowest BCUT2D eigenvalue weighted by molar-refractivity contribution is -0.145. The highest BCUT2D eigenvalue weighted by molar-refractivity contribution is 6.29. The van der Waals surface area contributed by atoms with Gasteiger partial charge in [-0.05, 0) is 25.1 Å². The molecule has 2 aromatic heterocycles. The fourth-order valence-electron chi connectivity index (χ4n) is 3.91. The third-order valence-electron chi connectivity index (χ3n) is 5.18. The van der Waals surface area contributed by atoms with Crippen LogP contribution in [0.15, 0.2) is 24.3 Å². The molecule has 0 aliphatic carbocycles. The fraction of sp³-hybridized carbons (Fsp3) is 0.381. The number of esters is 1. The molecule has 4 rings (SSSR count). The second-order valence-corrected chi connectivity index (χ2v) is 7.56. The summed E-state index contributed by atoms with van der Waals surface area (Å²) in [7, 11) is 3.20. The van der Waals surface area contributed by atoms with Crippen molar-refractivity contribution in [3.8, 4) is 22.8 Å². The Morgan fingerprint density at radius 3 is 2.67 bits per heavy atom. The average molecular weight is 431 g/mol. The van der Waals surface area contributed by atoms with Crippen LogP contribution in [0.3, 0.4) is 0 Å². The minimum absolute atomic E-state index is 0.143. The number of hydrogen-bond acceptors (Lipinski definition) is 7. The number of methoxy groups -OCH3 is 2. The largest absolute Gasteiger partial charge is 0.493 e. The minimum Gasteiger partial charge on any atom is -0.493 e. The first-order chi connectivity index (χ1) is 14.4. The molecule has 1 saturated heterocycles. The van der Waals surface area contributed by atoms with Crippen LogP contribution in [0.5, 0.6) is 11.5 Å². The van der Waals surface area contributed by atoms with Crippen molar-refractivity contribution in [3.63, 3.8) is 0 Å². The van der Waals surface area contributed by atoms with Crippen molar-refractivity contribution in [2.45, 2.75) is 26.4 Å². The normalized spacial score (nSPS) is 16.2. The maximum atomic E-state index is 11.3. The van der Waals surface area contributed by atoms with Crippen molar-refractivity contribution in [2.24, 2.45) is 0 Å². The van der Waals surface area contributed by atoms with Crippen molar-refractivity contribution >= 4 is 28.9 Å². The van der Waals surface area contributed by atoms with Gasteiger partial charge < -0.3 is 19.1 Å². The van der Waals surface area contributed by atoms with Gasteiger partial charge in [-0.25, -0.2) is 9.50 Å². The molecule has 3 aromatic rings. The standard InChI is InChI=1S/C21H23ClN4O4/c1-12-20(14-5-6-17(28-3)18(9-14)29-4)26-21(23-12)16(10-19(22)24-26)25-8-7-15(11-25)30-13(2)27/h5-6,9-10,15H,7-8,11H2,1-4H3/t15-/m0/s1. The Morgan fingerprint density at radius 2 is 1.97 bits per heavy atom. The lowest BCUT2D eigenvalue weighted by atomic mass is 10.1. The smallest absolute Gasteiger partial charge is 0.302 e. The molecule has 0 spiro atoms. The highest BCUT2D eigenvalue weighted by Crippen LogP contribution is 2.36. The zero-order valence-corrected chi connectivity index (χ0v) is 18.1. The summed E-state index contributed by atoms with van der Waals surface area (Å²) in [6.45, 7) is 4.69. The summed E-state index contributed by atoms with van der Waals surface area (Å²) in [5.74, 6) is 0.996. The van der Waals surface area contributed by atoms with E-state index in [2.05, 4.69) is 10.00 Å². The molecule has 1 atom stereocenters. The van der Waals surface area contributed by atoms with Crippen LogP contribution >= 0.6 is 11.6 Å². The quantitative estimate of drug-likeness (QED) is 0.573. The highest BCUT2D eigenvalue weighted by Gasteiger charge is 2.28. The van der Waals surface area contributed by atoms with Crippen molar-refractivity contribution in [3.05, 3.63) is 35.1 Å². The second-order valence-electron chi connectivity index (χ2n) is 7.17. The van der Waals surface area contributed by atoms with Crippen molar-refractivity contribution in [1.82, 2.24) is 14.6 Å². The molecule has 1 aliphatic rings. The molecule has 158 valence electrons. The third-order valence-corrected chi connectivity index (χ3v) is 5.37. The average Bonchev–Trinajstić information content (AvgIpc) is 3.30. The summed E-state index contributed by atoms with van der Waals surface area (Å²) >= 11 is 6.38. The number of aromatic nitrogens is 3. The summed E-state index contributed by atoms with van der Waals surface area (Å²) in [4.78, 5) is 18.2. The summed E-state index contributed by atoms with van der Waals surface area (Å²) < 4.78 is 17.9. The number of imidazole rings is 1. The van der Waals surface area contributed by atoms with E-state index in [1.807, 2.05) is 25.1 Å². The predicted molar refractivity (Wildman–Crippen MR) is 114 cm³/mol. The molecular formula is C21H23ClN4O4. The van der Waals surface area contributed by atoms with Crippen LogP contribution in [0.25, 0.3) is 16.9 Å². The summed E-state index contributed by atoms with van der Waals surface area (Å²) in [5.41, 5.74) is 4.08. The lowest BCUT2D eigenvalue weighted by Crippen LogP contribution is -2.24. The van der Waals surface area contributed by atoms with Gasteiger partial charge in [0.1, 0.15) is 6.10 Å². The Kier molecular flexibility index (Phi) is 5.42. The molecule has 9 heteroatoms. The van der Waals surface area contributed by atoms with Gasteiger partial charge in [0.25, 0.3) is 0 Å². The van der Waals surface area contributed by atoms with Gasteiger partial charge in [-0.2, -0.15) is 5.10 Å². The number of anilines is 1. The molecule has 0 amide bonds. The number of fused-ring (bicyclic) bond motifs is 1. The van der Waals surface area contributed by atoms with E-state index >= 15 is 0 Å². The molecule has 0 unspecified atom stereocenters. The Morgan fingerprint density at radius 1 is 1.20 bits per heavy atom. The SMILES string of the molecule is COc1ccc(-c2c(C)nc3c(N4CC[C@H](OC(C)=O)C4)cc(Cl)nn23)cc1OC. The molecule has 1 fully saturated rings. The highest BCUT2D eigenvalue weighted by atomic mass is 35.5. The van der Waals surface area contributed by atoms with Gasteiger partial charge >= 0.3 is 5.97 Å². The van der Waals surface area contributed by atoms with Crippen LogP contribution in [-0.2, 0) is 9.53 Å². The van der Waals surface area contributed by atoms with Crippen molar-refractivity contribution in [1.29, 1.82) is 0 Å². The van der Waals surface area contributed by atoms with Gasteiger partial charge in [0.05, 0.1) is 37.8 Å². The van der Waals surface area contributed by atoms with E-state index in [0.717, 1.165) is 35.6 Å². The van der Waals surface area contributed by atoms with Crippen LogP contribution in [0.4, 0.5) is 5.69 Å². The molecule has 1 aliphatic heterocycles. The van der Waals surface area contributed by atoms with Crippen LogP contribution in [0, 0.1) is 6.92 Å². The monoisotopic (exact) mass is 430 g/mol. The molecule has 1 aromatic carbocycles. The molecule has 8 nitrogen and oxygen atoms in total. The molecule has 0 radical (unpaired) electrons. The molecule has 3 heterocycles. The Balaban J connectivity index is 1.79. The number of benzene rings is 1. The second kappa shape index (κ2) is 8.02. The van der Waals surface area contributed by atoms with Gasteiger partial charge in [-0.1, -0.05) is 11.6 Å². The molecule has 0 N–H and O–H groups in total. The number of carbonyl (C=O) groups excluding carboxylic acids is 1. The molecule has 0 saturated carbocycles. The summed E-state index contributed by atoms with van der Waals surface area (Å²) in [6, 6.07) is 7.48. The van der Waals surface area contributed by atoms with Crippen LogP contribution < -0.4 is 14.4 Å². The molecular weight excluding hydrogens is 408 g/mol. The molecule has 30 heavy (non-hydrogen) atoms. The fourth-order valence-corrected chi connectivity index (χ4v) is 4.09. The van der Waals surface area contributed by atoms with E-state index in [1.54, 1.807) is 24.8 Å². The van der Waals surface area contributed by atoms with E-state index in [9.17, 15) is 4.79 Å². The maximum absolute atomic E-state index is 11.3. The first-order valence-electron chi connectivity index (χ1n) is 9.61. The topological polar surface area (TPSA) is 78.2 Å². The van der Waals surface area contributed by atoms with Gasteiger partial charge in [-0.3, -0.25) is 4.79 Å².